The summed E-state index contributed by atoms with van der Waals surface area (Å²) in [7, 11) is 2.14. The maximum atomic E-state index is 13.2. The van der Waals surface area contributed by atoms with Crippen LogP contribution in [0.2, 0.25) is 0 Å². The number of fused-ring (bicyclic) bond motifs is 1. The molecule has 0 saturated carbocycles. The first-order valence-electron chi connectivity index (χ1n) is 7.88. The van der Waals surface area contributed by atoms with Crippen LogP contribution in [0, 0.1) is 6.92 Å². The highest BCUT2D eigenvalue weighted by Crippen LogP contribution is 2.38. The van der Waals surface area contributed by atoms with Gasteiger partial charge in [0.1, 0.15) is 4.83 Å². The molecule has 3 aromatic heterocycles. The Bertz CT molecular complexity index is 887. The molecule has 0 unspecified atom stereocenters. The van der Waals surface area contributed by atoms with Gasteiger partial charge in [0.2, 0.25) is 0 Å². The number of hydrogen-bond donors (Lipinski definition) is 0. The van der Waals surface area contributed by atoms with E-state index in [2.05, 4.69) is 35.3 Å². The highest BCUT2D eigenvalue weighted by molar-refractivity contribution is 7.20. The van der Waals surface area contributed by atoms with E-state index in [4.69, 9.17) is 0 Å². The van der Waals surface area contributed by atoms with Crippen molar-refractivity contribution in [3.63, 3.8) is 0 Å². The fraction of sp³-hybridized carbons (Fsp3) is 0.412. The maximum absolute atomic E-state index is 13.2. The predicted octanol–water partition coefficient (Wildman–Crippen LogP) is 3.76. The Kier molecular flexibility index (Phi) is 3.83. The van der Waals surface area contributed by atoms with Gasteiger partial charge in [0.15, 0.2) is 0 Å². The maximum Gasteiger partial charge on any atom is 0.262 e. The van der Waals surface area contributed by atoms with Crippen LogP contribution in [0.5, 0.6) is 0 Å². The second-order valence-corrected chi connectivity index (χ2v) is 8.33. The molecule has 6 heteroatoms. The second kappa shape index (κ2) is 5.85. The normalized spacial score (nSPS) is 17.1. The Morgan fingerprint density at radius 3 is 2.78 bits per heavy atom. The van der Waals surface area contributed by atoms with Crippen LogP contribution in [0.15, 0.2) is 28.6 Å². The van der Waals surface area contributed by atoms with Gasteiger partial charge < -0.3 is 4.90 Å². The average molecular weight is 345 g/mol. The van der Waals surface area contributed by atoms with E-state index in [0.29, 0.717) is 0 Å². The van der Waals surface area contributed by atoms with Crippen molar-refractivity contribution in [2.75, 3.05) is 20.1 Å². The molecule has 0 bridgehead atoms. The highest BCUT2D eigenvalue weighted by atomic mass is 32.1. The molecule has 1 aliphatic heterocycles. The Morgan fingerprint density at radius 1 is 1.30 bits per heavy atom. The van der Waals surface area contributed by atoms with Crippen LogP contribution >= 0.6 is 22.7 Å². The van der Waals surface area contributed by atoms with Gasteiger partial charge in [0.05, 0.1) is 11.7 Å². The molecule has 0 aromatic carbocycles. The largest absolute Gasteiger partial charge is 0.306 e. The predicted molar refractivity (Wildman–Crippen MR) is 97.7 cm³/mol. The van der Waals surface area contributed by atoms with Crippen molar-refractivity contribution in [2.45, 2.75) is 25.8 Å². The Labute approximate surface area is 143 Å². The minimum absolute atomic E-state index is 0.123. The fourth-order valence-electron chi connectivity index (χ4n) is 3.37. The Hall–Kier alpha value is -1.50. The fourth-order valence-corrected chi connectivity index (χ4v) is 5.26. The standard InChI is InChI=1S/C17H19N3OS2/c1-11-14(13-4-3-9-22-13)15-16(23-11)18-10-20(17(15)21)12-5-7-19(2)8-6-12/h3-4,9-10,12H,5-8H2,1-2H3. The summed E-state index contributed by atoms with van der Waals surface area (Å²) in [6.45, 7) is 4.16. The molecule has 1 fully saturated rings. The van der Waals surface area contributed by atoms with E-state index >= 15 is 0 Å². The van der Waals surface area contributed by atoms with Crippen LogP contribution in [0.25, 0.3) is 20.7 Å². The first kappa shape index (κ1) is 15.1. The number of thiophene rings is 2. The van der Waals surface area contributed by atoms with E-state index in [1.165, 1.54) is 4.88 Å². The van der Waals surface area contributed by atoms with Crippen LogP contribution in [-0.2, 0) is 0 Å². The smallest absolute Gasteiger partial charge is 0.262 e. The number of nitrogens with zero attached hydrogens (tertiary/aromatic N) is 3. The molecular formula is C17H19N3OS2. The lowest BCUT2D eigenvalue weighted by Crippen LogP contribution is -2.35. The second-order valence-electron chi connectivity index (χ2n) is 6.18. The zero-order valence-corrected chi connectivity index (χ0v) is 14.9. The lowest BCUT2D eigenvalue weighted by molar-refractivity contribution is 0.218. The van der Waals surface area contributed by atoms with Gasteiger partial charge in [0.25, 0.3) is 5.56 Å². The van der Waals surface area contributed by atoms with Gasteiger partial charge in [-0.15, -0.1) is 22.7 Å². The Balaban J connectivity index is 1.88. The quantitative estimate of drug-likeness (QED) is 0.710. The van der Waals surface area contributed by atoms with Crippen LogP contribution in [0.1, 0.15) is 23.8 Å². The third kappa shape index (κ3) is 2.55. The molecule has 0 N–H and O–H groups in total. The molecule has 0 radical (unpaired) electrons. The van der Waals surface area contributed by atoms with Crippen molar-refractivity contribution in [3.8, 4) is 10.4 Å². The van der Waals surface area contributed by atoms with E-state index in [9.17, 15) is 4.79 Å². The molecule has 1 aliphatic rings. The molecule has 3 aromatic rings. The Morgan fingerprint density at radius 2 is 2.09 bits per heavy atom. The molecule has 0 aliphatic carbocycles. The van der Waals surface area contributed by atoms with Crippen molar-refractivity contribution in [2.24, 2.45) is 0 Å². The SMILES string of the molecule is Cc1sc2ncn(C3CCN(C)CC3)c(=O)c2c1-c1cccs1. The summed E-state index contributed by atoms with van der Waals surface area (Å²) in [6.07, 6.45) is 3.79. The number of rotatable bonds is 2. The molecular weight excluding hydrogens is 326 g/mol. The number of piperidine rings is 1. The minimum atomic E-state index is 0.123. The molecule has 0 atom stereocenters. The molecule has 23 heavy (non-hydrogen) atoms. The van der Waals surface area contributed by atoms with Crippen LogP contribution in [-0.4, -0.2) is 34.6 Å². The first-order valence-corrected chi connectivity index (χ1v) is 9.57. The first-order chi connectivity index (χ1) is 11.1. The van der Waals surface area contributed by atoms with Gasteiger partial charge in [-0.05, 0) is 51.3 Å². The van der Waals surface area contributed by atoms with Gasteiger partial charge in [-0.2, -0.15) is 0 Å². The highest BCUT2D eigenvalue weighted by Gasteiger charge is 2.23. The third-order valence-corrected chi connectivity index (χ3v) is 6.56. The van der Waals surface area contributed by atoms with E-state index in [-0.39, 0.29) is 11.6 Å². The molecule has 4 heterocycles. The van der Waals surface area contributed by atoms with E-state index in [1.807, 2.05) is 10.6 Å². The zero-order chi connectivity index (χ0) is 16.0. The molecule has 4 nitrogen and oxygen atoms in total. The van der Waals surface area contributed by atoms with E-state index < -0.39 is 0 Å². The van der Waals surface area contributed by atoms with Crippen molar-refractivity contribution < 1.29 is 0 Å². The number of hydrogen-bond acceptors (Lipinski definition) is 5. The third-order valence-electron chi connectivity index (χ3n) is 4.66. The van der Waals surface area contributed by atoms with Crippen LogP contribution < -0.4 is 5.56 Å². The number of likely N-dealkylation sites (tertiary alicyclic amines) is 1. The average Bonchev–Trinajstić information content (AvgIpc) is 3.16. The number of aromatic nitrogens is 2. The summed E-state index contributed by atoms with van der Waals surface area (Å²) >= 11 is 3.31. The summed E-state index contributed by atoms with van der Waals surface area (Å²) in [5.74, 6) is 0. The molecule has 0 spiro atoms. The van der Waals surface area contributed by atoms with Crippen molar-refractivity contribution in [3.05, 3.63) is 39.1 Å². The van der Waals surface area contributed by atoms with Gasteiger partial charge in [-0.3, -0.25) is 9.36 Å². The zero-order valence-electron chi connectivity index (χ0n) is 13.3. The molecule has 120 valence electrons. The summed E-state index contributed by atoms with van der Waals surface area (Å²) < 4.78 is 1.87. The topological polar surface area (TPSA) is 38.1 Å². The van der Waals surface area contributed by atoms with Crippen molar-refractivity contribution in [1.82, 2.24) is 14.5 Å². The van der Waals surface area contributed by atoms with Gasteiger partial charge in [0, 0.05) is 21.4 Å². The summed E-state index contributed by atoms with van der Waals surface area (Å²) in [4.78, 5) is 23.3. The van der Waals surface area contributed by atoms with Crippen molar-refractivity contribution in [1.29, 1.82) is 0 Å². The van der Waals surface area contributed by atoms with Gasteiger partial charge >= 0.3 is 0 Å². The van der Waals surface area contributed by atoms with E-state index in [0.717, 1.165) is 46.6 Å². The van der Waals surface area contributed by atoms with Gasteiger partial charge in [-0.1, -0.05) is 6.07 Å². The summed E-state index contributed by atoms with van der Waals surface area (Å²) in [5.41, 5.74) is 1.21. The lowest BCUT2D eigenvalue weighted by Gasteiger charge is -2.29. The summed E-state index contributed by atoms with van der Waals surface area (Å²) in [6, 6.07) is 4.40. The molecule has 4 rings (SSSR count). The van der Waals surface area contributed by atoms with Crippen LogP contribution in [0.4, 0.5) is 0 Å². The number of aryl methyl sites for hydroxylation is 1. The monoisotopic (exact) mass is 345 g/mol. The van der Waals surface area contributed by atoms with Crippen molar-refractivity contribution >= 4 is 32.9 Å². The minimum Gasteiger partial charge on any atom is -0.306 e. The lowest BCUT2D eigenvalue weighted by atomic mass is 10.1. The molecule has 1 saturated heterocycles. The summed E-state index contributed by atoms with van der Waals surface area (Å²) in [5, 5.41) is 2.86. The van der Waals surface area contributed by atoms with Gasteiger partial charge in [-0.25, -0.2) is 4.98 Å². The van der Waals surface area contributed by atoms with Crippen LogP contribution in [0.3, 0.4) is 0 Å². The molecule has 0 amide bonds. The van der Waals surface area contributed by atoms with E-state index in [1.54, 1.807) is 29.0 Å².